The summed E-state index contributed by atoms with van der Waals surface area (Å²) in [6, 6.07) is 13.3. The van der Waals surface area contributed by atoms with E-state index < -0.39 is 0 Å². The van der Waals surface area contributed by atoms with E-state index in [0.717, 1.165) is 6.42 Å². The molecule has 0 aliphatic carbocycles. The fourth-order valence-corrected chi connectivity index (χ4v) is 3.66. The number of carbonyl (C=O) groups excluding carboxylic acids is 2. The monoisotopic (exact) mass is 404 g/mol. The van der Waals surface area contributed by atoms with Gasteiger partial charge in [0.05, 0.1) is 15.6 Å². The molecule has 1 aliphatic heterocycles. The van der Waals surface area contributed by atoms with Crippen molar-refractivity contribution in [3.8, 4) is 0 Å². The van der Waals surface area contributed by atoms with Crippen molar-refractivity contribution < 1.29 is 9.59 Å². The number of piperazine rings is 1. The summed E-state index contributed by atoms with van der Waals surface area (Å²) < 4.78 is 0. The van der Waals surface area contributed by atoms with Gasteiger partial charge in [-0.05, 0) is 31.0 Å². The zero-order valence-corrected chi connectivity index (χ0v) is 16.8. The molecule has 6 heteroatoms. The van der Waals surface area contributed by atoms with Crippen molar-refractivity contribution in [1.82, 2.24) is 9.80 Å². The van der Waals surface area contributed by atoms with Crippen LogP contribution in [0.5, 0.6) is 0 Å². The molecular weight excluding hydrogens is 383 g/mol. The lowest BCUT2D eigenvalue weighted by atomic mass is 10.1. The van der Waals surface area contributed by atoms with E-state index in [-0.39, 0.29) is 16.8 Å². The number of aryl methyl sites for hydroxylation is 2. The second-order valence-electron chi connectivity index (χ2n) is 6.76. The van der Waals surface area contributed by atoms with Crippen LogP contribution in [0.15, 0.2) is 42.5 Å². The van der Waals surface area contributed by atoms with E-state index >= 15 is 0 Å². The summed E-state index contributed by atoms with van der Waals surface area (Å²) >= 11 is 12.2. The van der Waals surface area contributed by atoms with Crippen molar-refractivity contribution in [2.75, 3.05) is 26.2 Å². The summed E-state index contributed by atoms with van der Waals surface area (Å²) in [4.78, 5) is 28.7. The van der Waals surface area contributed by atoms with Crippen LogP contribution in [0.4, 0.5) is 0 Å². The van der Waals surface area contributed by atoms with Crippen LogP contribution in [-0.4, -0.2) is 47.8 Å². The SMILES string of the molecule is Cc1cccc(CCC(=O)N2CCN(C(=O)c3cccc(Cl)c3Cl)CC2)c1. The molecule has 2 amide bonds. The van der Waals surface area contributed by atoms with Gasteiger partial charge in [-0.1, -0.05) is 59.1 Å². The number of halogens is 2. The Bertz CT molecular complexity index is 846. The molecule has 1 fully saturated rings. The molecule has 0 atom stereocenters. The van der Waals surface area contributed by atoms with Crippen LogP contribution < -0.4 is 0 Å². The number of rotatable bonds is 4. The summed E-state index contributed by atoms with van der Waals surface area (Å²) in [6.45, 7) is 4.12. The first-order chi connectivity index (χ1) is 13.0. The third-order valence-electron chi connectivity index (χ3n) is 4.81. The van der Waals surface area contributed by atoms with Crippen molar-refractivity contribution in [1.29, 1.82) is 0 Å². The van der Waals surface area contributed by atoms with Crippen molar-refractivity contribution in [2.24, 2.45) is 0 Å². The highest BCUT2D eigenvalue weighted by molar-refractivity contribution is 6.43. The van der Waals surface area contributed by atoms with E-state index in [1.165, 1.54) is 11.1 Å². The lowest BCUT2D eigenvalue weighted by Crippen LogP contribution is -2.50. The Morgan fingerprint density at radius 3 is 2.33 bits per heavy atom. The zero-order valence-electron chi connectivity index (χ0n) is 15.3. The van der Waals surface area contributed by atoms with Crippen LogP contribution in [0.1, 0.15) is 27.9 Å². The summed E-state index contributed by atoms with van der Waals surface area (Å²) in [5, 5.41) is 0.647. The molecule has 2 aromatic rings. The smallest absolute Gasteiger partial charge is 0.255 e. The van der Waals surface area contributed by atoms with Gasteiger partial charge in [-0.15, -0.1) is 0 Å². The van der Waals surface area contributed by atoms with Crippen LogP contribution in [-0.2, 0) is 11.2 Å². The minimum absolute atomic E-state index is 0.129. The second kappa shape index (κ2) is 8.77. The second-order valence-corrected chi connectivity index (χ2v) is 7.55. The summed E-state index contributed by atoms with van der Waals surface area (Å²) in [7, 11) is 0. The van der Waals surface area contributed by atoms with Crippen molar-refractivity contribution >= 4 is 35.0 Å². The molecule has 142 valence electrons. The van der Waals surface area contributed by atoms with Gasteiger partial charge in [-0.2, -0.15) is 0 Å². The van der Waals surface area contributed by atoms with Crippen molar-refractivity contribution in [3.05, 3.63) is 69.2 Å². The molecule has 0 spiro atoms. The molecule has 0 N–H and O–H groups in total. The van der Waals surface area contributed by atoms with E-state index in [1.54, 1.807) is 23.1 Å². The topological polar surface area (TPSA) is 40.6 Å². The first-order valence-corrected chi connectivity index (χ1v) is 9.78. The predicted molar refractivity (Wildman–Crippen MR) is 108 cm³/mol. The average molecular weight is 405 g/mol. The van der Waals surface area contributed by atoms with Gasteiger partial charge < -0.3 is 9.80 Å². The molecule has 4 nitrogen and oxygen atoms in total. The minimum atomic E-state index is -0.144. The van der Waals surface area contributed by atoms with Crippen LogP contribution >= 0.6 is 23.2 Å². The Morgan fingerprint density at radius 1 is 0.963 bits per heavy atom. The lowest BCUT2D eigenvalue weighted by Gasteiger charge is -2.35. The normalized spacial score (nSPS) is 14.3. The molecular formula is C21H22Cl2N2O2. The number of nitrogens with zero attached hydrogens (tertiary/aromatic N) is 2. The van der Waals surface area contributed by atoms with E-state index in [9.17, 15) is 9.59 Å². The number of benzene rings is 2. The molecule has 2 aromatic carbocycles. The summed E-state index contributed by atoms with van der Waals surface area (Å²) in [5.74, 6) is -0.0150. The van der Waals surface area contributed by atoms with E-state index in [0.29, 0.717) is 43.2 Å². The Hall–Kier alpha value is -2.04. The highest BCUT2D eigenvalue weighted by atomic mass is 35.5. The standard InChI is InChI=1S/C21H22Cl2N2O2/c1-15-4-2-5-16(14-15)8-9-19(26)24-10-12-25(13-11-24)21(27)17-6-3-7-18(22)20(17)23/h2-7,14H,8-13H2,1H3. The first-order valence-electron chi connectivity index (χ1n) is 9.02. The summed E-state index contributed by atoms with van der Waals surface area (Å²) in [6.07, 6.45) is 1.22. The maximum absolute atomic E-state index is 12.7. The quantitative estimate of drug-likeness (QED) is 0.764. The van der Waals surface area contributed by atoms with Gasteiger partial charge in [0.25, 0.3) is 5.91 Å². The number of carbonyl (C=O) groups is 2. The molecule has 0 bridgehead atoms. The zero-order chi connectivity index (χ0) is 19.4. The maximum Gasteiger partial charge on any atom is 0.255 e. The van der Waals surface area contributed by atoms with Gasteiger partial charge in [0.1, 0.15) is 0 Å². The highest BCUT2D eigenvalue weighted by Gasteiger charge is 2.26. The van der Waals surface area contributed by atoms with Gasteiger partial charge in [-0.25, -0.2) is 0 Å². The fourth-order valence-electron chi connectivity index (χ4n) is 3.28. The third-order valence-corrected chi connectivity index (χ3v) is 5.63. The van der Waals surface area contributed by atoms with Gasteiger partial charge in [-0.3, -0.25) is 9.59 Å². The molecule has 1 saturated heterocycles. The Morgan fingerprint density at radius 2 is 1.63 bits per heavy atom. The highest BCUT2D eigenvalue weighted by Crippen LogP contribution is 2.26. The fraction of sp³-hybridized carbons (Fsp3) is 0.333. The molecule has 0 radical (unpaired) electrons. The van der Waals surface area contributed by atoms with Crippen LogP contribution in [0, 0.1) is 6.92 Å². The van der Waals surface area contributed by atoms with Crippen molar-refractivity contribution in [3.63, 3.8) is 0 Å². The molecule has 1 heterocycles. The van der Waals surface area contributed by atoms with Crippen LogP contribution in [0.2, 0.25) is 10.0 Å². The minimum Gasteiger partial charge on any atom is -0.339 e. The largest absolute Gasteiger partial charge is 0.339 e. The molecule has 0 unspecified atom stereocenters. The van der Waals surface area contributed by atoms with Crippen LogP contribution in [0.25, 0.3) is 0 Å². The Kier molecular flexibility index (Phi) is 6.40. The first kappa shape index (κ1) is 19.7. The Labute approximate surface area is 169 Å². The number of hydrogen-bond donors (Lipinski definition) is 0. The van der Waals surface area contributed by atoms with E-state index in [4.69, 9.17) is 23.2 Å². The van der Waals surface area contributed by atoms with E-state index in [2.05, 4.69) is 6.07 Å². The van der Waals surface area contributed by atoms with Crippen molar-refractivity contribution in [2.45, 2.75) is 19.8 Å². The molecule has 0 aromatic heterocycles. The average Bonchev–Trinajstić information content (AvgIpc) is 2.68. The predicted octanol–water partition coefficient (Wildman–Crippen LogP) is 4.22. The molecule has 3 rings (SSSR count). The lowest BCUT2D eigenvalue weighted by molar-refractivity contribution is -0.132. The number of amides is 2. The van der Waals surface area contributed by atoms with Gasteiger partial charge in [0, 0.05) is 32.6 Å². The maximum atomic E-state index is 12.7. The third kappa shape index (κ3) is 4.82. The Balaban J connectivity index is 1.53. The van der Waals surface area contributed by atoms with Gasteiger partial charge in [0.15, 0.2) is 0 Å². The summed E-state index contributed by atoms with van der Waals surface area (Å²) in [5.41, 5.74) is 2.78. The number of hydrogen-bond acceptors (Lipinski definition) is 2. The van der Waals surface area contributed by atoms with E-state index in [1.807, 2.05) is 30.0 Å². The molecule has 1 aliphatic rings. The van der Waals surface area contributed by atoms with Gasteiger partial charge in [0.2, 0.25) is 5.91 Å². The molecule has 27 heavy (non-hydrogen) atoms. The van der Waals surface area contributed by atoms with Gasteiger partial charge >= 0.3 is 0 Å². The van der Waals surface area contributed by atoms with Crippen LogP contribution in [0.3, 0.4) is 0 Å². The molecule has 0 saturated carbocycles.